The highest BCUT2D eigenvalue weighted by atomic mass is 16.5. The van der Waals surface area contributed by atoms with Crippen LogP contribution in [-0.4, -0.2) is 56.0 Å². The molecule has 1 atom stereocenters. The third-order valence-corrected chi connectivity index (χ3v) is 2.35. The molecule has 0 aliphatic carbocycles. The van der Waals surface area contributed by atoms with Crippen LogP contribution >= 0.6 is 0 Å². The second-order valence-corrected chi connectivity index (χ2v) is 3.70. The second-order valence-electron chi connectivity index (χ2n) is 3.70. The number of aldehydes is 1. The van der Waals surface area contributed by atoms with Crippen LogP contribution in [0.15, 0.2) is 0 Å². The fourth-order valence-electron chi connectivity index (χ4n) is 1.44. The van der Waals surface area contributed by atoms with Gasteiger partial charge in [-0.1, -0.05) is 0 Å². The molecule has 1 aliphatic rings. The third-order valence-electron chi connectivity index (χ3n) is 2.35. The van der Waals surface area contributed by atoms with E-state index < -0.39 is 0 Å². The lowest BCUT2D eigenvalue weighted by Gasteiger charge is -2.26. The average Bonchev–Trinajstić information content (AvgIpc) is 2.27. The summed E-state index contributed by atoms with van der Waals surface area (Å²) in [5, 5.41) is 2.60. The normalized spacial score (nSPS) is 19.5. The molecule has 1 fully saturated rings. The zero-order valence-electron chi connectivity index (χ0n) is 9.07. The Morgan fingerprint density at radius 3 is 2.80 bits per heavy atom. The molecular formula is C10H18N2O3. The SMILES string of the molecule is C[C@@H](C=O)NC(=O)CCN1CCOCC1. The van der Waals surface area contributed by atoms with E-state index in [2.05, 4.69) is 10.2 Å². The van der Waals surface area contributed by atoms with Crippen molar-refractivity contribution in [2.45, 2.75) is 19.4 Å². The van der Waals surface area contributed by atoms with Crippen molar-refractivity contribution >= 4 is 12.2 Å². The number of amides is 1. The van der Waals surface area contributed by atoms with Crippen molar-refractivity contribution < 1.29 is 14.3 Å². The van der Waals surface area contributed by atoms with Crippen LogP contribution in [0.2, 0.25) is 0 Å². The van der Waals surface area contributed by atoms with Gasteiger partial charge in [-0.3, -0.25) is 9.69 Å². The number of hydrogen-bond donors (Lipinski definition) is 1. The molecule has 5 nitrogen and oxygen atoms in total. The van der Waals surface area contributed by atoms with Crippen LogP contribution in [0.5, 0.6) is 0 Å². The minimum Gasteiger partial charge on any atom is -0.379 e. The fourth-order valence-corrected chi connectivity index (χ4v) is 1.44. The van der Waals surface area contributed by atoms with Crippen LogP contribution < -0.4 is 5.32 Å². The molecule has 1 N–H and O–H groups in total. The zero-order chi connectivity index (χ0) is 11.1. The monoisotopic (exact) mass is 214 g/mol. The van der Waals surface area contributed by atoms with Gasteiger partial charge in [-0.15, -0.1) is 0 Å². The largest absolute Gasteiger partial charge is 0.379 e. The summed E-state index contributed by atoms with van der Waals surface area (Å²) in [6, 6.07) is -0.387. The molecule has 1 heterocycles. The van der Waals surface area contributed by atoms with Gasteiger partial charge in [0.05, 0.1) is 19.3 Å². The van der Waals surface area contributed by atoms with E-state index in [-0.39, 0.29) is 11.9 Å². The molecule has 0 aromatic heterocycles. The minimum absolute atomic E-state index is 0.0684. The second kappa shape index (κ2) is 6.53. The van der Waals surface area contributed by atoms with E-state index in [1.807, 2.05) is 0 Å². The molecule has 5 heteroatoms. The van der Waals surface area contributed by atoms with E-state index >= 15 is 0 Å². The summed E-state index contributed by atoms with van der Waals surface area (Å²) in [6.07, 6.45) is 1.17. The third kappa shape index (κ3) is 4.90. The first-order valence-corrected chi connectivity index (χ1v) is 5.27. The molecule has 1 amide bonds. The van der Waals surface area contributed by atoms with Crippen LogP contribution in [0.25, 0.3) is 0 Å². The summed E-state index contributed by atoms with van der Waals surface area (Å²) >= 11 is 0. The predicted molar refractivity (Wildman–Crippen MR) is 55.5 cm³/mol. The molecule has 0 aromatic carbocycles. The maximum Gasteiger partial charge on any atom is 0.221 e. The van der Waals surface area contributed by atoms with Gasteiger partial charge in [0, 0.05) is 26.1 Å². The van der Waals surface area contributed by atoms with Crippen molar-refractivity contribution in [1.29, 1.82) is 0 Å². The molecule has 15 heavy (non-hydrogen) atoms. The van der Waals surface area contributed by atoms with Gasteiger partial charge in [-0.25, -0.2) is 0 Å². The molecule has 0 spiro atoms. The minimum atomic E-state index is -0.387. The molecule has 1 rings (SSSR count). The van der Waals surface area contributed by atoms with Crippen LogP contribution in [0, 0.1) is 0 Å². The van der Waals surface area contributed by atoms with Gasteiger partial charge in [0.1, 0.15) is 6.29 Å². The molecule has 0 saturated carbocycles. The van der Waals surface area contributed by atoms with E-state index in [1.54, 1.807) is 6.92 Å². The van der Waals surface area contributed by atoms with Gasteiger partial charge in [0.25, 0.3) is 0 Å². The topological polar surface area (TPSA) is 58.6 Å². The fraction of sp³-hybridized carbons (Fsp3) is 0.800. The smallest absolute Gasteiger partial charge is 0.221 e. The quantitative estimate of drug-likeness (QED) is 0.622. The Balaban J connectivity index is 2.12. The molecule has 0 radical (unpaired) electrons. The van der Waals surface area contributed by atoms with Gasteiger partial charge in [0.15, 0.2) is 0 Å². The summed E-state index contributed by atoms with van der Waals surface area (Å²) in [5.41, 5.74) is 0. The maximum absolute atomic E-state index is 11.3. The predicted octanol–water partition coefficient (Wildman–Crippen LogP) is -0.588. The lowest BCUT2D eigenvalue weighted by atomic mass is 10.3. The lowest BCUT2D eigenvalue weighted by Crippen LogP contribution is -2.40. The van der Waals surface area contributed by atoms with Gasteiger partial charge in [-0.05, 0) is 6.92 Å². The first kappa shape index (κ1) is 12.1. The molecule has 1 aliphatic heterocycles. The Labute approximate surface area is 89.8 Å². The van der Waals surface area contributed by atoms with Crippen molar-refractivity contribution in [1.82, 2.24) is 10.2 Å². The van der Waals surface area contributed by atoms with Crippen LogP contribution in [-0.2, 0) is 14.3 Å². The van der Waals surface area contributed by atoms with Gasteiger partial charge >= 0.3 is 0 Å². The lowest BCUT2D eigenvalue weighted by molar-refractivity contribution is -0.124. The van der Waals surface area contributed by atoms with E-state index in [0.29, 0.717) is 6.42 Å². The molecule has 86 valence electrons. The number of ether oxygens (including phenoxy) is 1. The number of nitrogens with one attached hydrogen (secondary N) is 1. The number of nitrogens with zero attached hydrogens (tertiary/aromatic N) is 1. The van der Waals surface area contributed by atoms with Crippen molar-refractivity contribution in [3.8, 4) is 0 Å². The summed E-state index contributed by atoms with van der Waals surface area (Å²) < 4.78 is 5.20. The maximum atomic E-state index is 11.3. The van der Waals surface area contributed by atoms with Gasteiger partial charge in [0.2, 0.25) is 5.91 Å². The standard InChI is InChI=1S/C10H18N2O3/c1-9(8-13)11-10(14)2-3-12-4-6-15-7-5-12/h8-9H,2-7H2,1H3,(H,11,14)/t9-/m0/s1. The molecule has 0 bridgehead atoms. The zero-order valence-corrected chi connectivity index (χ0v) is 9.07. The number of rotatable bonds is 5. The van der Waals surface area contributed by atoms with Crippen molar-refractivity contribution in [3.05, 3.63) is 0 Å². The number of carbonyl (C=O) groups excluding carboxylic acids is 2. The highest BCUT2D eigenvalue weighted by molar-refractivity contribution is 5.79. The van der Waals surface area contributed by atoms with E-state index in [4.69, 9.17) is 4.74 Å². The van der Waals surface area contributed by atoms with Crippen LogP contribution in [0.1, 0.15) is 13.3 Å². The number of hydrogen-bond acceptors (Lipinski definition) is 4. The Morgan fingerprint density at radius 1 is 1.53 bits per heavy atom. The van der Waals surface area contributed by atoms with E-state index in [9.17, 15) is 9.59 Å². The summed E-state index contributed by atoms with van der Waals surface area (Å²) in [7, 11) is 0. The Kier molecular flexibility index (Phi) is 5.28. The highest BCUT2D eigenvalue weighted by Crippen LogP contribution is 1.97. The Hall–Kier alpha value is -0.940. The van der Waals surface area contributed by atoms with E-state index in [0.717, 1.165) is 39.1 Å². The Morgan fingerprint density at radius 2 is 2.20 bits per heavy atom. The van der Waals surface area contributed by atoms with Crippen molar-refractivity contribution in [3.63, 3.8) is 0 Å². The molecule has 0 unspecified atom stereocenters. The van der Waals surface area contributed by atoms with Crippen LogP contribution in [0.4, 0.5) is 0 Å². The first-order valence-electron chi connectivity index (χ1n) is 5.27. The summed E-state index contributed by atoms with van der Waals surface area (Å²) in [6.45, 7) is 5.66. The number of carbonyl (C=O) groups is 2. The highest BCUT2D eigenvalue weighted by Gasteiger charge is 2.12. The first-order chi connectivity index (χ1) is 7.22. The average molecular weight is 214 g/mol. The molecule has 1 saturated heterocycles. The van der Waals surface area contributed by atoms with Crippen LogP contribution in [0.3, 0.4) is 0 Å². The van der Waals surface area contributed by atoms with Gasteiger partial charge < -0.3 is 14.8 Å². The summed E-state index contributed by atoms with van der Waals surface area (Å²) in [4.78, 5) is 23.8. The molecular weight excluding hydrogens is 196 g/mol. The van der Waals surface area contributed by atoms with Crippen molar-refractivity contribution in [2.75, 3.05) is 32.8 Å². The molecule has 0 aromatic rings. The van der Waals surface area contributed by atoms with E-state index in [1.165, 1.54) is 0 Å². The Bertz CT molecular complexity index is 215. The van der Waals surface area contributed by atoms with Crippen molar-refractivity contribution in [2.24, 2.45) is 0 Å². The summed E-state index contributed by atoms with van der Waals surface area (Å²) in [5.74, 6) is -0.0684. The number of morpholine rings is 1. The van der Waals surface area contributed by atoms with Gasteiger partial charge in [-0.2, -0.15) is 0 Å².